The van der Waals surface area contributed by atoms with Crippen LogP contribution in [-0.2, 0) is 0 Å². The number of benzene rings is 2. The number of aryl methyl sites for hydroxylation is 1. The molecule has 2 rings (SSSR count). The molecule has 2 aromatic rings. The Morgan fingerprint density at radius 1 is 1.16 bits per heavy atom. The Labute approximate surface area is 110 Å². The van der Waals surface area contributed by atoms with Crippen LogP contribution in [0.3, 0.4) is 0 Å². The second-order valence-electron chi connectivity index (χ2n) is 4.02. The van der Waals surface area contributed by atoms with Gasteiger partial charge in [-0.15, -0.1) is 0 Å². The van der Waals surface area contributed by atoms with E-state index < -0.39 is 5.97 Å². The zero-order valence-electron chi connectivity index (χ0n) is 10.3. The van der Waals surface area contributed by atoms with Crippen LogP contribution < -0.4 is 4.74 Å². The molecule has 0 bridgehead atoms. The predicted octanol–water partition coefficient (Wildman–Crippen LogP) is 3.36. The van der Waals surface area contributed by atoms with Crippen molar-refractivity contribution < 1.29 is 14.6 Å². The number of hydrogen-bond donors (Lipinski definition) is 1. The standard InChI is InChI=1S/C15H11NO3/c1-10-8-14(7-4-12(10)9-16)19-13-5-2-11(3-6-13)15(17)18/h2-8H,1H3,(H,17,18). The smallest absolute Gasteiger partial charge is 0.335 e. The summed E-state index contributed by atoms with van der Waals surface area (Å²) in [4.78, 5) is 10.7. The molecule has 0 aliphatic carbocycles. The number of carboxylic acid groups (broad SMARTS) is 1. The van der Waals surface area contributed by atoms with Crippen molar-refractivity contribution in [3.8, 4) is 17.6 Å². The zero-order chi connectivity index (χ0) is 13.8. The lowest BCUT2D eigenvalue weighted by atomic mass is 10.1. The predicted molar refractivity (Wildman–Crippen MR) is 69.4 cm³/mol. The summed E-state index contributed by atoms with van der Waals surface area (Å²) in [6.45, 7) is 1.83. The summed E-state index contributed by atoms with van der Waals surface area (Å²) in [5.41, 5.74) is 1.65. The summed E-state index contributed by atoms with van der Waals surface area (Å²) in [5.74, 6) is 0.189. The van der Waals surface area contributed by atoms with Crippen LogP contribution in [0, 0.1) is 18.3 Å². The Hall–Kier alpha value is -2.80. The number of hydrogen-bond acceptors (Lipinski definition) is 3. The van der Waals surface area contributed by atoms with E-state index in [1.54, 1.807) is 30.3 Å². The third kappa shape index (κ3) is 2.90. The molecule has 0 heterocycles. The minimum absolute atomic E-state index is 0.211. The Morgan fingerprint density at radius 2 is 1.79 bits per heavy atom. The van der Waals surface area contributed by atoms with Crippen molar-refractivity contribution in [2.45, 2.75) is 6.92 Å². The van der Waals surface area contributed by atoms with Gasteiger partial charge in [-0.05, 0) is 55.0 Å². The molecule has 0 amide bonds. The first kappa shape index (κ1) is 12.7. The molecule has 0 aromatic heterocycles. The van der Waals surface area contributed by atoms with Gasteiger partial charge in [0.15, 0.2) is 0 Å². The first-order chi connectivity index (χ1) is 9.10. The minimum atomic E-state index is -0.972. The number of rotatable bonds is 3. The lowest BCUT2D eigenvalue weighted by Crippen LogP contribution is -1.95. The molecule has 1 N–H and O–H groups in total. The van der Waals surface area contributed by atoms with E-state index >= 15 is 0 Å². The van der Waals surface area contributed by atoms with Gasteiger partial charge in [-0.3, -0.25) is 0 Å². The summed E-state index contributed by atoms with van der Waals surface area (Å²) in [6.07, 6.45) is 0. The molecule has 94 valence electrons. The van der Waals surface area contributed by atoms with E-state index in [1.165, 1.54) is 12.1 Å². The van der Waals surface area contributed by atoms with Crippen molar-refractivity contribution in [3.63, 3.8) is 0 Å². The normalized spacial score (nSPS) is 9.68. The van der Waals surface area contributed by atoms with Crippen LogP contribution >= 0.6 is 0 Å². The van der Waals surface area contributed by atoms with Crippen molar-refractivity contribution in [2.24, 2.45) is 0 Å². The number of carboxylic acids is 1. The first-order valence-electron chi connectivity index (χ1n) is 5.62. The minimum Gasteiger partial charge on any atom is -0.478 e. The Morgan fingerprint density at radius 3 is 2.32 bits per heavy atom. The maximum atomic E-state index is 10.7. The van der Waals surface area contributed by atoms with Gasteiger partial charge in [-0.1, -0.05) is 0 Å². The van der Waals surface area contributed by atoms with E-state index in [0.29, 0.717) is 17.1 Å². The van der Waals surface area contributed by atoms with Gasteiger partial charge in [0.05, 0.1) is 17.2 Å². The van der Waals surface area contributed by atoms with Gasteiger partial charge < -0.3 is 9.84 Å². The maximum Gasteiger partial charge on any atom is 0.335 e. The van der Waals surface area contributed by atoms with Crippen LogP contribution in [0.15, 0.2) is 42.5 Å². The molecular formula is C15H11NO3. The SMILES string of the molecule is Cc1cc(Oc2ccc(C(=O)O)cc2)ccc1C#N. The van der Waals surface area contributed by atoms with Crippen molar-refractivity contribution in [1.82, 2.24) is 0 Å². The molecule has 0 saturated carbocycles. The van der Waals surface area contributed by atoms with Crippen LogP contribution in [-0.4, -0.2) is 11.1 Å². The number of ether oxygens (including phenoxy) is 1. The van der Waals surface area contributed by atoms with E-state index in [-0.39, 0.29) is 5.56 Å². The van der Waals surface area contributed by atoms with Gasteiger partial charge in [0.1, 0.15) is 11.5 Å². The van der Waals surface area contributed by atoms with Crippen molar-refractivity contribution in [3.05, 3.63) is 59.2 Å². The second kappa shape index (κ2) is 5.23. The van der Waals surface area contributed by atoms with Gasteiger partial charge in [0.2, 0.25) is 0 Å². The molecule has 0 fully saturated rings. The Bertz CT molecular complexity index is 654. The third-order valence-corrected chi connectivity index (χ3v) is 2.66. The Kier molecular flexibility index (Phi) is 3.48. The van der Waals surface area contributed by atoms with Gasteiger partial charge in [0, 0.05) is 0 Å². The van der Waals surface area contributed by atoms with Gasteiger partial charge in [-0.25, -0.2) is 4.79 Å². The van der Waals surface area contributed by atoms with Crippen LogP contribution in [0.5, 0.6) is 11.5 Å². The number of aromatic carboxylic acids is 1. The molecule has 4 heteroatoms. The summed E-state index contributed by atoms with van der Waals surface area (Å²) in [7, 11) is 0. The quantitative estimate of drug-likeness (QED) is 0.910. The summed E-state index contributed by atoms with van der Waals surface area (Å²) in [5, 5.41) is 17.6. The highest BCUT2D eigenvalue weighted by Gasteiger charge is 2.04. The van der Waals surface area contributed by atoms with Gasteiger partial charge >= 0.3 is 5.97 Å². The zero-order valence-corrected chi connectivity index (χ0v) is 10.3. The summed E-state index contributed by atoms with van der Waals surface area (Å²) >= 11 is 0. The van der Waals surface area contributed by atoms with Crippen LogP contribution in [0.2, 0.25) is 0 Å². The van der Waals surface area contributed by atoms with Gasteiger partial charge in [-0.2, -0.15) is 5.26 Å². The molecule has 0 atom stereocenters. The van der Waals surface area contributed by atoms with E-state index in [1.807, 2.05) is 6.92 Å². The van der Waals surface area contributed by atoms with E-state index in [9.17, 15) is 4.79 Å². The van der Waals surface area contributed by atoms with Crippen molar-refractivity contribution in [2.75, 3.05) is 0 Å². The molecule has 0 aliphatic rings. The lowest BCUT2D eigenvalue weighted by molar-refractivity contribution is 0.0697. The number of carbonyl (C=O) groups is 1. The van der Waals surface area contributed by atoms with Crippen LogP contribution in [0.1, 0.15) is 21.5 Å². The fourth-order valence-corrected chi connectivity index (χ4v) is 1.63. The van der Waals surface area contributed by atoms with E-state index in [2.05, 4.69) is 6.07 Å². The molecule has 0 radical (unpaired) electrons. The second-order valence-corrected chi connectivity index (χ2v) is 4.02. The summed E-state index contributed by atoms with van der Waals surface area (Å²) in [6, 6.07) is 13.4. The highest BCUT2D eigenvalue weighted by Crippen LogP contribution is 2.23. The largest absolute Gasteiger partial charge is 0.478 e. The number of nitriles is 1. The number of nitrogens with zero attached hydrogens (tertiary/aromatic N) is 1. The van der Waals surface area contributed by atoms with E-state index in [0.717, 1.165) is 5.56 Å². The average molecular weight is 253 g/mol. The third-order valence-electron chi connectivity index (χ3n) is 2.66. The van der Waals surface area contributed by atoms with Crippen LogP contribution in [0.25, 0.3) is 0 Å². The lowest BCUT2D eigenvalue weighted by Gasteiger charge is -2.07. The monoisotopic (exact) mass is 253 g/mol. The molecule has 0 unspecified atom stereocenters. The highest BCUT2D eigenvalue weighted by molar-refractivity contribution is 5.87. The molecule has 4 nitrogen and oxygen atoms in total. The maximum absolute atomic E-state index is 10.7. The molecule has 0 aliphatic heterocycles. The average Bonchev–Trinajstić information content (AvgIpc) is 2.39. The van der Waals surface area contributed by atoms with Crippen molar-refractivity contribution >= 4 is 5.97 Å². The highest BCUT2D eigenvalue weighted by atomic mass is 16.5. The van der Waals surface area contributed by atoms with Crippen LogP contribution in [0.4, 0.5) is 0 Å². The summed E-state index contributed by atoms with van der Waals surface area (Å²) < 4.78 is 5.59. The molecule has 19 heavy (non-hydrogen) atoms. The molecule has 0 spiro atoms. The topological polar surface area (TPSA) is 70.3 Å². The molecule has 2 aromatic carbocycles. The molecular weight excluding hydrogens is 242 g/mol. The fraction of sp³-hybridized carbons (Fsp3) is 0.0667. The van der Waals surface area contributed by atoms with Gasteiger partial charge in [0.25, 0.3) is 0 Å². The first-order valence-corrected chi connectivity index (χ1v) is 5.62. The van der Waals surface area contributed by atoms with E-state index in [4.69, 9.17) is 15.1 Å². The Balaban J connectivity index is 2.19. The van der Waals surface area contributed by atoms with Crippen molar-refractivity contribution in [1.29, 1.82) is 5.26 Å². The fourth-order valence-electron chi connectivity index (χ4n) is 1.63. The molecule has 0 saturated heterocycles.